The lowest BCUT2D eigenvalue weighted by Gasteiger charge is -2.12. The normalized spacial score (nSPS) is 11.7. The van der Waals surface area contributed by atoms with Gasteiger partial charge in [0.2, 0.25) is 10.0 Å². The zero-order valence-corrected chi connectivity index (χ0v) is 16.4. The zero-order chi connectivity index (χ0) is 18.9. The Kier molecular flexibility index (Phi) is 5.18. The van der Waals surface area contributed by atoms with E-state index in [4.69, 9.17) is 11.6 Å². The van der Waals surface area contributed by atoms with Crippen molar-refractivity contribution in [3.05, 3.63) is 70.6 Å². The second-order valence-corrected chi connectivity index (χ2v) is 8.50. The van der Waals surface area contributed by atoms with Gasteiger partial charge in [0.15, 0.2) is 0 Å². The van der Waals surface area contributed by atoms with Crippen LogP contribution in [-0.2, 0) is 23.5 Å². The molecule has 0 aliphatic rings. The lowest BCUT2D eigenvalue weighted by molar-refractivity contribution is 0.588. The fourth-order valence-corrected chi connectivity index (χ4v) is 3.71. The summed E-state index contributed by atoms with van der Waals surface area (Å²) < 4.78 is 28.6. The maximum absolute atomic E-state index is 12.2. The summed E-state index contributed by atoms with van der Waals surface area (Å²) in [7, 11) is -0.250. The highest BCUT2D eigenvalue weighted by atomic mass is 35.5. The molecular formula is C19H20ClN3O2S. The maximum atomic E-state index is 12.2. The lowest BCUT2D eigenvalue weighted by atomic mass is 9.97. The summed E-state index contributed by atoms with van der Waals surface area (Å²) in [5.41, 5.74) is 4.59. The van der Waals surface area contributed by atoms with Crippen molar-refractivity contribution in [1.82, 2.24) is 14.3 Å². The summed E-state index contributed by atoms with van der Waals surface area (Å²) in [5, 5.41) is 0.719. The Morgan fingerprint density at radius 1 is 1.19 bits per heavy atom. The number of nitrogens with zero attached hydrogens (tertiary/aromatic N) is 2. The van der Waals surface area contributed by atoms with Gasteiger partial charge in [-0.25, -0.2) is 18.1 Å². The number of aryl methyl sites for hydroxylation is 2. The van der Waals surface area contributed by atoms with Crippen LogP contribution < -0.4 is 4.72 Å². The minimum absolute atomic E-state index is 0.214. The van der Waals surface area contributed by atoms with E-state index in [0.717, 1.165) is 33.0 Å². The third-order valence-corrected chi connectivity index (χ3v) is 6.09. The van der Waals surface area contributed by atoms with E-state index in [1.165, 1.54) is 7.05 Å². The third kappa shape index (κ3) is 3.82. The van der Waals surface area contributed by atoms with Crippen LogP contribution in [0.1, 0.15) is 16.7 Å². The van der Waals surface area contributed by atoms with Crippen LogP contribution in [0.3, 0.4) is 0 Å². The van der Waals surface area contributed by atoms with Gasteiger partial charge >= 0.3 is 0 Å². The summed E-state index contributed by atoms with van der Waals surface area (Å²) in [4.78, 5) is 4.60. The molecule has 7 heteroatoms. The molecule has 3 aromatic rings. The molecule has 1 N–H and O–H groups in total. The molecule has 0 spiro atoms. The molecular weight excluding hydrogens is 370 g/mol. The van der Waals surface area contributed by atoms with Gasteiger partial charge in [0.1, 0.15) is 0 Å². The molecule has 0 amide bonds. The van der Waals surface area contributed by atoms with E-state index in [-0.39, 0.29) is 4.90 Å². The molecule has 3 rings (SSSR count). The Morgan fingerprint density at radius 2 is 1.96 bits per heavy atom. The SMILES string of the molecule is CNS(=O)(=O)c1ccc(Cc2ccc(C)c(Cl)c2)c(-c2cn(C)cn2)c1. The van der Waals surface area contributed by atoms with Gasteiger partial charge in [-0.15, -0.1) is 0 Å². The Morgan fingerprint density at radius 3 is 2.58 bits per heavy atom. The molecule has 1 heterocycles. The number of hydrogen-bond acceptors (Lipinski definition) is 3. The van der Waals surface area contributed by atoms with Crippen molar-refractivity contribution in [3.63, 3.8) is 0 Å². The van der Waals surface area contributed by atoms with Crippen molar-refractivity contribution in [2.75, 3.05) is 7.05 Å². The first-order valence-electron chi connectivity index (χ1n) is 8.10. The fourth-order valence-electron chi connectivity index (χ4n) is 2.75. The highest BCUT2D eigenvalue weighted by molar-refractivity contribution is 7.89. The molecule has 0 radical (unpaired) electrons. The molecule has 1 aromatic heterocycles. The van der Waals surface area contributed by atoms with E-state index < -0.39 is 10.0 Å². The first-order chi connectivity index (χ1) is 12.3. The Balaban J connectivity index is 2.10. The summed E-state index contributed by atoms with van der Waals surface area (Å²) in [6.07, 6.45) is 4.20. The van der Waals surface area contributed by atoms with E-state index in [2.05, 4.69) is 9.71 Å². The standard InChI is InChI=1S/C19H20ClN3O2S/c1-13-4-5-14(9-18(13)20)8-15-6-7-16(26(24,25)21-2)10-17(15)19-11-23(3)12-22-19/h4-7,9-12,21H,8H2,1-3H3. The molecule has 5 nitrogen and oxygen atoms in total. The average molecular weight is 390 g/mol. The monoisotopic (exact) mass is 389 g/mol. The summed E-state index contributed by atoms with van der Waals surface area (Å²) in [5.74, 6) is 0. The van der Waals surface area contributed by atoms with Crippen LogP contribution in [0.4, 0.5) is 0 Å². The molecule has 0 aliphatic carbocycles. The Bertz CT molecular complexity index is 1060. The van der Waals surface area contributed by atoms with Crippen molar-refractivity contribution >= 4 is 21.6 Å². The number of nitrogens with one attached hydrogen (secondary N) is 1. The van der Waals surface area contributed by atoms with Crippen LogP contribution in [0.2, 0.25) is 5.02 Å². The smallest absolute Gasteiger partial charge is 0.240 e. The van der Waals surface area contributed by atoms with Gasteiger partial charge in [0.25, 0.3) is 0 Å². The number of rotatable bonds is 5. The van der Waals surface area contributed by atoms with Crippen molar-refractivity contribution < 1.29 is 8.42 Å². The van der Waals surface area contributed by atoms with Crippen LogP contribution >= 0.6 is 11.6 Å². The van der Waals surface area contributed by atoms with E-state index in [9.17, 15) is 8.42 Å². The molecule has 2 aromatic carbocycles. The number of sulfonamides is 1. The highest BCUT2D eigenvalue weighted by Crippen LogP contribution is 2.28. The molecule has 0 fully saturated rings. The number of aromatic nitrogens is 2. The molecule has 0 bridgehead atoms. The second kappa shape index (κ2) is 7.23. The van der Waals surface area contributed by atoms with Gasteiger partial charge in [0.05, 0.1) is 16.9 Å². The summed E-state index contributed by atoms with van der Waals surface area (Å²) in [6, 6.07) is 11.1. The van der Waals surface area contributed by atoms with Crippen LogP contribution in [0.5, 0.6) is 0 Å². The molecule has 0 saturated heterocycles. The quantitative estimate of drug-likeness (QED) is 0.725. The first-order valence-corrected chi connectivity index (χ1v) is 9.96. The maximum Gasteiger partial charge on any atom is 0.240 e. The van der Waals surface area contributed by atoms with Gasteiger partial charge in [0, 0.05) is 23.8 Å². The third-order valence-electron chi connectivity index (χ3n) is 4.27. The first kappa shape index (κ1) is 18.6. The van der Waals surface area contributed by atoms with Gasteiger partial charge in [-0.2, -0.15) is 0 Å². The van der Waals surface area contributed by atoms with E-state index in [0.29, 0.717) is 6.42 Å². The minimum atomic E-state index is -3.53. The predicted molar refractivity (Wildman–Crippen MR) is 104 cm³/mol. The topological polar surface area (TPSA) is 64.0 Å². The number of imidazole rings is 1. The van der Waals surface area contributed by atoms with Crippen LogP contribution in [0.25, 0.3) is 11.3 Å². The molecule has 26 heavy (non-hydrogen) atoms. The minimum Gasteiger partial charge on any atom is -0.340 e. The summed E-state index contributed by atoms with van der Waals surface area (Å²) >= 11 is 6.24. The van der Waals surface area contributed by atoms with Crippen LogP contribution in [-0.4, -0.2) is 25.0 Å². The van der Waals surface area contributed by atoms with Crippen molar-refractivity contribution in [2.45, 2.75) is 18.2 Å². The predicted octanol–water partition coefficient (Wildman–Crippen LogP) is 3.55. The lowest BCUT2D eigenvalue weighted by Crippen LogP contribution is -2.18. The number of halogens is 1. The molecule has 0 atom stereocenters. The van der Waals surface area contributed by atoms with Crippen LogP contribution in [0.15, 0.2) is 53.8 Å². The van der Waals surface area contributed by atoms with Gasteiger partial charge in [-0.05, 0) is 55.3 Å². The Hall–Kier alpha value is -2.15. The average Bonchev–Trinajstić information content (AvgIpc) is 3.04. The van der Waals surface area contributed by atoms with E-state index in [1.807, 2.05) is 49.0 Å². The zero-order valence-electron chi connectivity index (χ0n) is 14.8. The fraction of sp³-hybridized carbons (Fsp3) is 0.211. The van der Waals surface area contributed by atoms with Gasteiger partial charge < -0.3 is 4.57 Å². The van der Waals surface area contributed by atoms with Gasteiger partial charge in [-0.1, -0.05) is 29.8 Å². The second-order valence-electron chi connectivity index (χ2n) is 6.21. The van der Waals surface area contributed by atoms with Gasteiger partial charge in [-0.3, -0.25) is 0 Å². The van der Waals surface area contributed by atoms with E-state index >= 15 is 0 Å². The molecule has 0 saturated carbocycles. The van der Waals surface area contributed by atoms with Crippen LogP contribution in [0, 0.1) is 6.92 Å². The molecule has 136 valence electrons. The van der Waals surface area contributed by atoms with Crippen molar-refractivity contribution in [2.24, 2.45) is 7.05 Å². The van der Waals surface area contributed by atoms with E-state index in [1.54, 1.807) is 18.5 Å². The Labute approximate surface area is 158 Å². The van der Waals surface area contributed by atoms with Crippen molar-refractivity contribution in [1.29, 1.82) is 0 Å². The highest BCUT2D eigenvalue weighted by Gasteiger charge is 2.16. The largest absolute Gasteiger partial charge is 0.340 e. The number of hydrogen-bond donors (Lipinski definition) is 1. The summed E-state index contributed by atoms with van der Waals surface area (Å²) in [6.45, 7) is 1.96. The molecule has 0 unspecified atom stereocenters. The number of benzene rings is 2. The molecule has 0 aliphatic heterocycles. The van der Waals surface area contributed by atoms with Crippen molar-refractivity contribution in [3.8, 4) is 11.3 Å².